The molecule has 1 unspecified atom stereocenters. The topological polar surface area (TPSA) is 75.0 Å². The normalized spacial score (nSPS) is 14.9. The molecule has 0 saturated carbocycles. The van der Waals surface area contributed by atoms with Gasteiger partial charge in [0.05, 0.1) is 5.39 Å². The van der Waals surface area contributed by atoms with E-state index in [2.05, 4.69) is 0 Å². The van der Waals surface area contributed by atoms with Crippen molar-refractivity contribution in [3.05, 3.63) is 88.6 Å². The first-order valence-electron chi connectivity index (χ1n) is 9.83. The zero-order chi connectivity index (χ0) is 21.4. The average molecular weight is 414 g/mol. The van der Waals surface area contributed by atoms with E-state index < -0.39 is 17.5 Å². The van der Waals surface area contributed by atoms with Crippen LogP contribution >= 0.6 is 0 Å². The van der Waals surface area contributed by atoms with Crippen molar-refractivity contribution in [2.45, 2.75) is 13.0 Å². The van der Waals surface area contributed by atoms with E-state index in [4.69, 9.17) is 18.6 Å². The minimum absolute atomic E-state index is 0.0192. The number of aryl methyl sites for hydroxylation is 1. The van der Waals surface area contributed by atoms with Gasteiger partial charge in [-0.3, -0.25) is 4.79 Å². The van der Waals surface area contributed by atoms with Crippen molar-refractivity contribution in [1.29, 1.82) is 0 Å². The number of hydrogen-bond donors (Lipinski definition) is 0. The first kappa shape index (κ1) is 18.9. The molecule has 0 amide bonds. The first-order chi connectivity index (χ1) is 15.1. The average Bonchev–Trinajstić information content (AvgIpc) is 2.80. The molecule has 3 aromatic carbocycles. The van der Waals surface area contributed by atoms with Crippen molar-refractivity contribution >= 4 is 16.9 Å². The fourth-order valence-electron chi connectivity index (χ4n) is 3.46. The highest BCUT2D eigenvalue weighted by Gasteiger charge is 2.31. The van der Waals surface area contributed by atoms with Gasteiger partial charge in [0, 0.05) is 5.56 Å². The maximum atomic E-state index is 13.2. The summed E-state index contributed by atoms with van der Waals surface area (Å²) in [6.07, 6.45) is -1.01. The van der Waals surface area contributed by atoms with Gasteiger partial charge in [-0.1, -0.05) is 48.5 Å². The maximum absolute atomic E-state index is 13.2. The molecule has 2 heterocycles. The molecule has 6 heteroatoms. The van der Waals surface area contributed by atoms with E-state index in [0.29, 0.717) is 28.0 Å². The summed E-state index contributed by atoms with van der Waals surface area (Å²) in [7, 11) is 0. The van der Waals surface area contributed by atoms with Gasteiger partial charge in [-0.2, -0.15) is 0 Å². The number of benzene rings is 3. The zero-order valence-corrected chi connectivity index (χ0v) is 16.7. The number of esters is 1. The van der Waals surface area contributed by atoms with E-state index in [1.165, 1.54) is 0 Å². The molecule has 0 bridgehead atoms. The van der Waals surface area contributed by atoms with E-state index in [0.717, 1.165) is 5.56 Å². The fourth-order valence-corrected chi connectivity index (χ4v) is 3.46. The van der Waals surface area contributed by atoms with Gasteiger partial charge >= 0.3 is 5.97 Å². The molecule has 5 rings (SSSR count). The standard InChI is InChI=1S/C25H18O6/c1-15-11-12-17-20(13-15)30-23(16-7-3-2-4-8-16)24(22(17)26)31-25(27)21-14-28-18-9-5-6-10-19(18)29-21/h2-13,21H,14H2,1H3. The van der Waals surface area contributed by atoms with Gasteiger partial charge in [0.15, 0.2) is 17.3 Å². The Morgan fingerprint density at radius 3 is 2.52 bits per heavy atom. The molecule has 31 heavy (non-hydrogen) atoms. The Hall–Kier alpha value is -4.06. The highest BCUT2D eigenvalue weighted by atomic mass is 16.6. The van der Waals surface area contributed by atoms with Gasteiger partial charge in [-0.25, -0.2) is 4.79 Å². The summed E-state index contributed by atoms with van der Waals surface area (Å²) in [6, 6.07) is 21.4. The van der Waals surface area contributed by atoms with Crippen molar-refractivity contribution in [2.24, 2.45) is 0 Å². The molecule has 1 atom stereocenters. The largest absolute Gasteiger partial charge is 0.485 e. The first-order valence-corrected chi connectivity index (χ1v) is 9.83. The number of hydrogen-bond acceptors (Lipinski definition) is 6. The van der Waals surface area contributed by atoms with Crippen LogP contribution in [0.1, 0.15) is 5.56 Å². The van der Waals surface area contributed by atoms with Crippen LogP contribution < -0.4 is 19.6 Å². The van der Waals surface area contributed by atoms with Gasteiger partial charge in [0.25, 0.3) is 0 Å². The summed E-state index contributed by atoms with van der Waals surface area (Å²) in [5, 5.41) is 0.333. The second kappa shape index (κ2) is 7.65. The van der Waals surface area contributed by atoms with Crippen molar-refractivity contribution < 1.29 is 23.4 Å². The van der Waals surface area contributed by atoms with Crippen molar-refractivity contribution in [1.82, 2.24) is 0 Å². The second-order valence-electron chi connectivity index (χ2n) is 7.24. The van der Waals surface area contributed by atoms with Crippen LogP contribution in [0.5, 0.6) is 17.2 Å². The van der Waals surface area contributed by atoms with Crippen LogP contribution in [0.15, 0.2) is 82.0 Å². The van der Waals surface area contributed by atoms with E-state index in [9.17, 15) is 9.59 Å². The van der Waals surface area contributed by atoms with Gasteiger partial charge in [0.2, 0.25) is 17.3 Å². The minimum atomic E-state index is -1.01. The quantitative estimate of drug-likeness (QED) is 0.459. The lowest BCUT2D eigenvalue weighted by atomic mass is 10.1. The second-order valence-corrected chi connectivity index (χ2v) is 7.24. The van der Waals surface area contributed by atoms with Crippen LogP contribution in [0.25, 0.3) is 22.3 Å². The number of para-hydroxylation sites is 2. The highest BCUT2D eigenvalue weighted by molar-refractivity contribution is 5.86. The Morgan fingerprint density at radius 1 is 0.968 bits per heavy atom. The molecule has 1 aliphatic rings. The van der Waals surface area contributed by atoms with Crippen LogP contribution in [0.3, 0.4) is 0 Å². The Morgan fingerprint density at radius 2 is 1.71 bits per heavy atom. The molecule has 1 aliphatic heterocycles. The molecule has 0 radical (unpaired) electrons. The molecular weight excluding hydrogens is 396 g/mol. The molecule has 0 spiro atoms. The Balaban J connectivity index is 1.56. The van der Waals surface area contributed by atoms with Crippen molar-refractivity contribution in [3.8, 4) is 28.6 Å². The lowest BCUT2D eigenvalue weighted by Crippen LogP contribution is -2.40. The molecule has 0 fully saturated rings. The number of carbonyl (C=O) groups excluding carboxylic acids is 1. The van der Waals surface area contributed by atoms with Crippen LogP contribution in [0.4, 0.5) is 0 Å². The lowest BCUT2D eigenvalue weighted by Gasteiger charge is -2.25. The number of rotatable bonds is 3. The summed E-state index contributed by atoms with van der Waals surface area (Å²) in [4.78, 5) is 26.1. The fraction of sp³-hybridized carbons (Fsp3) is 0.120. The number of ether oxygens (including phenoxy) is 3. The summed E-state index contributed by atoms with van der Waals surface area (Å²) in [5.41, 5.74) is 1.57. The van der Waals surface area contributed by atoms with Gasteiger partial charge in [0.1, 0.15) is 12.2 Å². The molecule has 0 aliphatic carbocycles. The third kappa shape index (κ3) is 3.53. The number of carbonyl (C=O) groups is 1. The monoisotopic (exact) mass is 414 g/mol. The predicted molar refractivity (Wildman–Crippen MR) is 115 cm³/mol. The van der Waals surface area contributed by atoms with Crippen LogP contribution in [-0.2, 0) is 4.79 Å². The molecule has 4 aromatic rings. The molecule has 0 N–H and O–H groups in total. The van der Waals surface area contributed by atoms with Gasteiger partial charge in [-0.05, 0) is 36.8 Å². The molecule has 0 saturated heterocycles. The third-order valence-corrected chi connectivity index (χ3v) is 5.02. The summed E-state index contributed by atoms with van der Waals surface area (Å²) in [6.45, 7) is 1.89. The van der Waals surface area contributed by atoms with Crippen LogP contribution in [-0.4, -0.2) is 18.7 Å². The predicted octanol–water partition coefficient (Wildman–Crippen LogP) is 4.51. The Kier molecular flexibility index (Phi) is 4.67. The van der Waals surface area contributed by atoms with E-state index in [1.807, 2.05) is 37.3 Å². The van der Waals surface area contributed by atoms with Crippen molar-refractivity contribution in [3.63, 3.8) is 0 Å². The maximum Gasteiger partial charge on any atom is 0.356 e. The SMILES string of the molecule is Cc1ccc2c(=O)c(OC(=O)C3COc4ccccc4O3)c(-c3ccccc3)oc2c1. The van der Waals surface area contributed by atoms with E-state index >= 15 is 0 Å². The Bertz CT molecular complexity index is 1340. The van der Waals surface area contributed by atoms with E-state index in [-0.39, 0.29) is 18.1 Å². The van der Waals surface area contributed by atoms with Crippen LogP contribution in [0, 0.1) is 6.92 Å². The van der Waals surface area contributed by atoms with Crippen LogP contribution in [0.2, 0.25) is 0 Å². The van der Waals surface area contributed by atoms with Gasteiger partial charge < -0.3 is 18.6 Å². The molecule has 154 valence electrons. The molecule has 1 aromatic heterocycles. The summed E-state index contributed by atoms with van der Waals surface area (Å²) in [5.74, 6) is 0.284. The lowest BCUT2D eigenvalue weighted by molar-refractivity contribution is -0.144. The molecular formula is C25H18O6. The van der Waals surface area contributed by atoms with Crippen molar-refractivity contribution in [2.75, 3.05) is 6.61 Å². The third-order valence-electron chi connectivity index (χ3n) is 5.02. The smallest absolute Gasteiger partial charge is 0.356 e. The molecule has 6 nitrogen and oxygen atoms in total. The number of fused-ring (bicyclic) bond motifs is 2. The summed E-state index contributed by atoms with van der Waals surface area (Å²) >= 11 is 0. The van der Waals surface area contributed by atoms with Gasteiger partial charge in [-0.15, -0.1) is 0 Å². The minimum Gasteiger partial charge on any atom is -0.485 e. The van der Waals surface area contributed by atoms with E-state index in [1.54, 1.807) is 42.5 Å². The highest BCUT2D eigenvalue weighted by Crippen LogP contribution is 2.33. The zero-order valence-electron chi connectivity index (χ0n) is 16.7. The Labute approximate surface area is 177 Å². The summed E-state index contributed by atoms with van der Waals surface area (Å²) < 4.78 is 22.9.